The average molecular weight is 355 g/mol. The monoisotopic (exact) mass is 355 g/mol. The summed E-state index contributed by atoms with van der Waals surface area (Å²) in [6, 6.07) is 8.54. The van der Waals surface area contributed by atoms with Crippen LogP contribution in [0.4, 0.5) is 0 Å². The van der Waals surface area contributed by atoms with Gasteiger partial charge in [-0.1, -0.05) is 0 Å². The zero-order valence-corrected chi connectivity index (χ0v) is 14.2. The van der Waals surface area contributed by atoms with Gasteiger partial charge in [0, 0.05) is 42.3 Å². The number of likely N-dealkylation sites (tertiary alicyclic amines) is 1. The van der Waals surface area contributed by atoms with Crippen LogP contribution >= 0.6 is 0 Å². The summed E-state index contributed by atoms with van der Waals surface area (Å²) in [5, 5.41) is 9.62. The van der Waals surface area contributed by atoms with Crippen molar-refractivity contribution < 1.29 is 14.7 Å². The van der Waals surface area contributed by atoms with Gasteiger partial charge in [0.2, 0.25) is 0 Å². The molecule has 8 nitrogen and oxygen atoms in total. The number of amides is 2. The number of aromatic nitrogens is 1. The maximum absolute atomic E-state index is 12.9. The SMILES string of the molecule is NC(N)=NC(=O)c1cc(C(=O)N2CCC(O)CC2)cc(-n2cccc2)c1. The highest BCUT2D eigenvalue weighted by atomic mass is 16.3. The number of hydrogen-bond acceptors (Lipinski definition) is 3. The van der Waals surface area contributed by atoms with Crippen LogP contribution in [0.5, 0.6) is 0 Å². The van der Waals surface area contributed by atoms with E-state index < -0.39 is 5.91 Å². The first-order chi connectivity index (χ1) is 12.4. The van der Waals surface area contributed by atoms with Crippen LogP contribution in [0, 0.1) is 0 Å². The highest BCUT2D eigenvalue weighted by Gasteiger charge is 2.23. The van der Waals surface area contributed by atoms with Crippen molar-refractivity contribution in [2.24, 2.45) is 16.5 Å². The molecule has 0 unspecified atom stereocenters. The second kappa shape index (κ2) is 7.40. The third-order valence-electron chi connectivity index (χ3n) is 4.30. The minimum absolute atomic E-state index is 0.190. The standard InChI is InChI=1S/C18H21N5O3/c19-18(20)21-16(25)12-9-13(11-14(10-12)22-5-1-2-6-22)17(26)23-7-3-15(24)4-8-23/h1-2,5-6,9-11,15,24H,3-4,7-8H2,(H4,19,20,21,25). The normalized spacial score (nSPS) is 14.9. The third-order valence-corrected chi connectivity index (χ3v) is 4.30. The fraction of sp³-hybridized carbons (Fsp3) is 0.278. The first kappa shape index (κ1) is 17.7. The van der Waals surface area contributed by atoms with Crippen molar-refractivity contribution in [3.8, 4) is 5.69 Å². The molecule has 0 spiro atoms. The van der Waals surface area contributed by atoms with Gasteiger partial charge in [-0.25, -0.2) is 0 Å². The fourth-order valence-corrected chi connectivity index (χ4v) is 2.95. The summed E-state index contributed by atoms with van der Waals surface area (Å²) in [4.78, 5) is 30.4. The molecule has 0 bridgehead atoms. The largest absolute Gasteiger partial charge is 0.393 e. The third kappa shape index (κ3) is 3.92. The molecular formula is C18H21N5O3. The van der Waals surface area contributed by atoms with Crippen molar-refractivity contribution in [3.05, 3.63) is 53.9 Å². The maximum Gasteiger partial charge on any atom is 0.280 e. The van der Waals surface area contributed by atoms with Crippen molar-refractivity contribution in [1.82, 2.24) is 9.47 Å². The van der Waals surface area contributed by atoms with Crippen LogP contribution in [-0.2, 0) is 0 Å². The van der Waals surface area contributed by atoms with Crippen LogP contribution < -0.4 is 11.5 Å². The van der Waals surface area contributed by atoms with Gasteiger partial charge in [0.1, 0.15) is 0 Å². The second-order valence-electron chi connectivity index (χ2n) is 6.22. The molecule has 2 heterocycles. The number of piperidine rings is 1. The molecule has 0 atom stereocenters. The molecule has 1 aromatic heterocycles. The van der Waals surface area contributed by atoms with Gasteiger partial charge < -0.3 is 26.0 Å². The molecule has 5 N–H and O–H groups in total. The van der Waals surface area contributed by atoms with Gasteiger partial charge in [-0.15, -0.1) is 0 Å². The minimum Gasteiger partial charge on any atom is -0.393 e. The van der Waals surface area contributed by atoms with Crippen LogP contribution in [0.2, 0.25) is 0 Å². The van der Waals surface area contributed by atoms with Gasteiger partial charge in [0.25, 0.3) is 11.8 Å². The van der Waals surface area contributed by atoms with Crippen LogP contribution in [-0.4, -0.2) is 51.5 Å². The lowest BCUT2D eigenvalue weighted by molar-refractivity contribution is 0.0546. The molecule has 8 heteroatoms. The van der Waals surface area contributed by atoms with Crippen LogP contribution in [0.3, 0.4) is 0 Å². The number of rotatable bonds is 3. The summed E-state index contributed by atoms with van der Waals surface area (Å²) in [5.74, 6) is -1.13. The summed E-state index contributed by atoms with van der Waals surface area (Å²) in [6.45, 7) is 0.954. The van der Waals surface area contributed by atoms with Crippen molar-refractivity contribution in [2.45, 2.75) is 18.9 Å². The number of nitrogens with zero attached hydrogens (tertiary/aromatic N) is 3. The van der Waals surface area contributed by atoms with E-state index in [9.17, 15) is 14.7 Å². The molecule has 1 fully saturated rings. The highest BCUT2D eigenvalue weighted by molar-refractivity contribution is 6.04. The van der Waals surface area contributed by atoms with Gasteiger partial charge in [-0.2, -0.15) is 4.99 Å². The zero-order chi connectivity index (χ0) is 18.7. The van der Waals surface area contributed by atoms with E-state index in [0.29, 0.717) is 37.2 Å². The Balaban J connectivity index is 1.98. The van der Waals surface area contributed by atoms with Crippen molar-refractivity contribution in [1.29, 1.82) is 0 Å². The van der Waals surface area contributed by atoms with Gasteiger partial charge in [-0.3, -0.25) is 9.59 Å². The number of aliphatic imine (C=N–C) groups is 1. The number of aliphatic hydroxyl groups excluding tert-OH is 1. The van der Waals surface area contributed by atoms with E-state index in [0.717, 1.165) is 0 Å². The summed E-state index contributed by atoms with van der Waals surface area (Å²) >= 11 is 0. The van der Waals surface area contributed by atoms with Crippen molar-refractivity contribution >= 4 is 17.8 Å². The Morgan fingerprint density at radius 1 is 1.04 bits per heavy atom. The number of carbonyl (C=O) groups excluding carboxylic acids is 2. The average Bonchev–Trinajstić information content (AvgIpc) is 3.15. The maximum atomic E-state index is 12.9. The lowest BCUT2D eigenvalue weighted by Crippen LogP contribution is -2.40. The molecule has 1 aliphatic rings. The Hall–Kier alpha value is -3.13. The zero-order valence-electron chi connectivity index (χ0n) is 14.2. The summed E-state index contributed by atoms with van der Waals surface area (Å²) in [7, 11) is 0. The molecule has 2 amide bonds. The van der Waals surface area contributed by atoms with Crippen LogP contribution in [0.25, 0.3) is 5.69 Å². The Morgan fingerprint density at radius 3 is 2.27 bits per heavy atom. The van der Waals surface area contributed by atoms with Gasteiger partial charge in [0.05, 0.1) is 6.10 Å². The lowest BCUT2D eigenvalue weighted by atomic mass is 10.0. The number of aliphatic hydroxyl groups is 1. The van der Waals surface area contributed by atoms with E-state index in [1.807, 2.05) is 24.5 Å². The summed E-state index contributed by atoms with van der Waals surface area (Å²) < 4.78 is 1.79. The van der Waals surface area contributed by atoms with Crippen molar-refractivity contribution in [2.75, 3.05) is 13.1 Å². The van der Waals surface area contributed by atoms with Gasteiger partial charge >= 0.3 is 0 Å². The predicted octanol–water partition coefficient (Wildman–Crippen LogP) is 0.488. The molecule has 2 aromatic rings. The molecule has 26 heavy (non-hydrogen) atoms. The van der Waals surface area contributed by atoms with E-state index >= 15 is 0 Å². The molecule has 0 aliphatic carbocycles. The molecular weight excluding hydrogens is 334 g/mol. The molecule has 3 rings (SSSR count). The van der Waals surface area contributed by atoms with Crippen LogP contribution in [0.1, 0.15) is 33.6 Å². The van der Waals surface area contributed by atoms with Crippen LogP contribution in [0.15, 0.2) is 47.7 Å². The number of hydrogen-bond donors (Lipinski definition) is 3. The molecule has 1 aromatic carbocycles. The summed E-state index contributed by atoms with van der Waals surface area (Å²) in [5.41, 5.74) is 11.9. The van der Waals surface area contributed by atoms with E-state index in [1.165, 1.54) is 6.07 Å². The topological polar surface area (TPSA) is 127 Å². The minimum atomic E-state index is -0.609. The van der Waals surface area contributed by atoms with Gasteiger partial charge in [0.15, 0.2) is 5.96 Å². The fourth-order valence-electron chi connectivity index (χ4n) is 2.95. The first-order valence-corrected chi connectivity index (χ1v) is 8.34. The number of benzene rings is 1. The molecule has 0 radical (unpaired) electrons. The Labute approximate surface area is 150 Å². The second-order valence-corrected chi connectivity index (χ2v) is 6.22. The van der Waals surface area contributed by atoms with Crippen molar-refractivity contribution in [3.63, 3.8) is 0 Å². The Bertz CT molecular complexity index is 833. The summed E-state index contributed by atoms with van der Waals surface area (Å²) in [6.07, 6.45) is 4.35. The van der Waals surface area contributed by atoms with Gasteiger partial charge in [-0.05, 0) is 43.2 Å². The molecule has 1 saturated heterocycles. The quantitative estimate of drug-likeness (QED) is 0.545. The lowest BCUT2D eigenvalue weighted by Gasteiger charge is -2.29. The predicted molar refractivity (Wildman–Crippen MR) is 97.1 cm³/mol. The van der Waals surface area contributed by atoms with E-state index in [2.05, 4.69) is 4.99 Å². The number of carbonyl (C=O) groups is 2. The smallest absolute Gasteiger partial charge is 0.280 e. The number of nitrogens with two attached hydrogens (primary N) is 2. The number of guanidine groups is 1. The molecule has 1 aliphatic heterocycles. The first-order valence-electron chi connectivity index (χ1n) is 8.34. The molecule has 136 valence electrons. The molecule has 0 saturated carbocycles. The Morgan fingerprint density at radius 2 is 1.65 bits per heavy atom. The van der Waals surface area contributed by atoms with E-state index in [4.69, 9.17) is 11.5 Å². The van der Waals surface area contributed by atoms with E-state index in [1.54, 1.807) is 21.6 Å². The Kier molecular flexibility index (Phi) is 5.04. The van der Waals surface area contributed by atoms with E-state index in [-0.39, 0.29) is 23.5 Å². The highest BCUT2D eigenvalue weighted by Crippen LogP contribution is 2.20.